The lowest BCUT2D eigenvalue weighted by Gasteiger charge is -2.51. The van der Waals surface area contributed by atoms with Gasteiger partial charge in [-0.05, 0) is 67.6 Å². The van der Waals surface area contributed by atoms with E-state index in [-0.39, 0.29) is 0 Å². The minimum Gasteiger partial charge on any atom is -0.381 e. The van der Waals surface area contributed by atoms with Crippen molar-refractivity contribution in [3.63, 3.8) is 0 Å². The third-order valence-electron chi connectivity index (χ3n) is 7.97. The molecule has 2 saturated carbocycles. The summed E-state index contributed by atoms with van der Waals surface area (Å²) in [5, 5.41) is 0. The number of unbranched alkanes of at least 4 members (excludes halogenated alkanes) is 2. The third-order valence-corrected chi connectivity index (χ3v) is 7.97. The van der Waals surface area contributed by atoms with Crippen LogP contribution in [0.3, 0.4) is 0 Å². The molecule has 1 unspecified atom stereocenters. The van der Waals surface area contributed by atoms with Crippen molar-refractivity contribution < 1.29 is 4.74 Å². The Morgan fingerprint density at radius 3 is 2.43 bits per heavy atom. The topological polar surface area (TPSA) is 9.23 Å². The van der Waals surface area contributed by atoms with Crippen LogP contribution in [0, 0.1) is 35.0 Å². The standard InChI is InChI=1S/C22H42O/c1-7-9-10-11-16(3)19-14-15-22(5)20(17(4)23-6)12-13-21(22)18(19)8-2/h16-21H,7-15H2,1-6H3/t16?,17-,18+,19+,20+,21-,22+/m0/s1. The minimum atomic E-state index is 0.432. The van der Waals surface area contributed by atoms with Gasteiger partial charge in [-0.25, -0.2) is 0 Å². The summed E-state index contributed by atoms with van der Waals surface area (Å²) >= 11 is 0. The van der Waals surface area contributed by atoms with Gasteiger partial charge >= 0.3 is 0 Å². The maximum absolute atomic E-state index is 5.76. The summed E-state index contributed by atoms with van der Waals surface area (Å²) in [6.45, 7) is 12.2. The van der Waals surface area contributed by atoms with Crippen molar-refractivity contribution in [1.82, 2.24) is 0 Å². The first-order valence-electron chi connectivity index (χ1n) is 10.5. The van der Waals surface area contributed by atoms with Gasteiger partial charge in [0.15, 0.2) is 0 Å². The number of fused-ring (bicyclic) bond motifs is 1. The molecule has 0 aliphatic heterocycles. The second-order valence-corrected chi connectivity index (χ2v) is 8.98. The highest BCUT2D eigenvalue weighted by atomic mass is 16.5. The van der Waals surface area contributed by atoms with Crippen molar-refractivity contribution in [2.45, 2.75) is 98.5 Å². The van der Waals surface area contributed by atoms with E-state index in [1.807, 2.05) is 7.11 Å². The Labute approximate surface area is 146 Å². The Balaban J connectivity index is 2.07. The zero-order valence-corrected chi connectivity index (χ0v) is 16.7. The van der Waals surface area contributed by atoms with Crippen molar-refractivity contribution in [3.05, 3.63) is 0 Å². The summed E-state index contributed by atoms with van der Waals surface area (Å²) in [4.78, 5) is 0. The first kappa shape index (κ1) is 19.3. The minimum absolute atomic E-state index is 0.432. The lowest BCUT2D eigenvalue weighted by Crippen LogP contribution is -2.45. The number of rotatable bonds is 8. The van der Waals surface area contributed by atoms with E-state index in [1.165, 1.54) is 57.8 Å². The summed E-state index contributed by atoms with van der Waals surface area (Å²) in [5.41, 5.74) is 0.537. The maximum atomic E-state index is 5.76. The van der Waals surface area contributed by atoms with E-state index in [4.69, 9.17) is 4.74 Å². The van der Waals surface area contributed by atoms with E-state index >= 15 is 0 Å². The van der Waals surface area contributed by atoms with Crippen LogP contribution in [0.25, 0.3) is 0 Å². The van der Waals surface area contributed by atoms with Crippen LogP contribution in [0.2, 0.25) is 0 Å². The van der Waals surface area contributed by atoms with Gasteiger partial charge in [0.25, 0.3) is 0 Å². The largest absolute Gasteiger partial charge is 0.381 e. The molecule has 1 heteroatoms. The quantitative estimate of drug-likeness (QED) is 0.451. The summed E-state index contributed by atoms with van der Waals surface area (Å²) in [7, 11) is 1.90. The van der Waals surface area contributed by atoms with E-state index in [9.17, 15) is 0 Å². The van der Waals surface area contributed by atoms with Crippen molar-refractivity contribution in [2.75, 3.05) is 7.11 Å². The number of hydrogen-bond acceptors (Lipinski definition) is 1. The van der Waals surface area contributed by atoms with Crippen molar-refractivity contribution in [3.8, 4) is 0 Å². The average Bonchev–Trinajstić information content (AvgIpc) is 2.90. The molecule has 0 N–H and O–H groups in total. The molecule has 2 aliphatic rings. The predicted octanol–water partition coefficient (Wildman–Crippen LogP) is 6.71. The van der Waals surface area contributed by atoms with Crippen LogP contribution in [-0.2, 0) is 4.74 Å². The van der Waals surface area contributed by atoms with Crippen LogP contribution in [0.4, 0.5) is 0 Å². The van der Waals surface area contributed by atoms with Crippen LogP contribution >= 0.6 is 0 Å². The summed E-state index contributed by atoms with van der Waals surface area (Å²) in [5.74, 6) is 4.59. The monoisotopic (exact) mass is 322 g/mol. The zero-order chi connectivity index (χ0) is 17.0. The Morgan fingerprint density at radius 1 is 1.09 bits per heavy atom. The molecule has 0 radical (unpaired) electrons. The number of hydrogen-bond donors (Lipinski definition) is 0. The number of ether oxygens (including phenoxy) is 1. The van der Waals surface area contributed by atoms with Crippen molar-refractivity contribution in [2.24, 2.45) is 35.0 Å². The maximum Gasteiger partial charge on any atom is 0.0576 e. The lowest BCUT2D eigenvalue weighted by atomic mass is 9.54. The van der Waals surface area contributed by atoms with E-state index in [0.717, 1.165) is 29.6 Å². The van der Waals surface area contributed by atoms with Crippen LogP contribution in [-0.4, -0.2) is 13.2 Å². The van der Waals surface area contributed by atoms with Gasteiger partial charge in [0.2, 0.25) is 0 Å². The molecule has 2 fully saturated rings. The first-order chi connectivity index (χ1) is 11.0. The first-order valence-corrected chi connectivity index (χ1v) is 10.5. The van der Waals surface area contributed by atoms with Gasteiger partial charge in [0, 0.05) is 7.11 Å². The molecule has 0 saturated heterocycles. The fourth-order valence-corrected chi connectivity index (χ4v) is 6.52. The van der Waals surface area contributed by atoms with Gasteiger partial charge in [-0.1, -0.05) is 59.8 Å². The van der Waals surface area contributed by atoms with E-state index in [2.05, 4.69) is 34.6 Å². The third kappa shape index (κ3) is 3.80. The summed E-state index contributed by atoms with van der Waals surface area (Å²) < 4.78 is 5.76. The highest BCUT2D eigenvalue weighted by molar-refractivity contribution is 5.04. The Bertz CT molecular complexity index is 352. The molecule has 7 atom stereocenters. The van der Waals surface area contributed by atoms with Gasteiger partial charge in [0.05, 0.1) is 6.10 Å². The SMILES string of the molecule is CCCCCC(C)[C@H]1CC[C@]2(C)[C@@H]([C@H](C)OC)CC[C@H]2[C@@H]1CC. The summed E-state index contributed by atoms with van der Waals surface area (Å²) in [6, 6.07) is 0. The highest BCUT2D eigenvalue weighted by Gasteiger charge is 2.54. The molecule has 0 bridgehead atoms. The van der Waals surface area contributed by atoms with Gasteiger partial charge in [-0.2, -0.15) is 0 Å². The van der Waals surface area contributed by atoms with Gasteiger partial charge in [0.1, 0.15) is 0 Å². The molecular weight excluding hydrogens is 280 g/mol. The molecular formula is C22H42O. The molecule has 2 aliphatic carbocycles. The van der Waals surface area contributed by atoms with Gasteiger partial charge < -0.3 is 4.74 Å². The average molecular weight is 323 g/mol. The number of methoxy groups -OCH3 is 1. The van der Waals surface area contributed by atoms with Crippen molar-refractivity contribution >= 4 is 0 Å². The molecule has 2 rings (SSSR count). The molecule has 0 amide bonds. The smallest absolute Gasteiger partial charge is 0.0576 e. The lowest BCUT2D eigenvalue weighted by molar-refractivity contribution is -0.0523. The Hall–Kier alpha value is -0.0400. The normalized spacial score (nSPS) is 39.9. The Morgan fingerprint density at radius 2 is 1.83 bits per heavy atom. The van der Waals surface area contributed by atoms with Crippen molar-refractivity contribution in [1.29, 1.82) is 0 Å². The molecule has 0 aromatic heterocycles. The summed E-state index contributed by atoms with van der Waals surface area (Å²) in [6.07, 6.45) is 13.2. The fourth-order valence-electron chi connectivity index (χ4n) is 6.52. The second-order valence-electron chi connectivity index (χ2n) is 8.98. The molecule has 1 nitrogen and oxygen atoms in total. The van der Waals surface area contributed by atoms with E-state index in [0.29, 0.717) is 11.5 Å². The highest BCUT2D eigenvalue weighted by Crippen LogP contribution is 2.61. The molecule has 136 valence electrons. The van der Waals surface area contributed by atoms with Crippen LogP contribution < -0.4 is 0 Å². The van der Waals surface area contributed by atoms with E-state index in [1.54, 1.807) is 0 Å². The second kappa shape index (κ2) is 8.37. The van der Waals surface area contributed by atoms with Crippen LogP contribution in [0.1, 0.15) is 92.4 Å². The van der Waals surface area contributed by atoms with Crippen LogP contribution in [0.15, 0.2) is 0 Å². The van der Waals surface area contributed by atoms with Crippen LogP contribution in [0.5, 0.6) is 0 Å². The zero-order valence-electron chi connectivity index (χ0n) is 16.7. The molecule has 0 heterocycles. The molecule has 0 spiro atoms. The van der Waals surface area contributed by atoms with Gasteiger partial charge in [-0.15, -0.1) is 0 Å². The fraction of sp³-hybridized carbons (Fsp3) is 1.00. The predicted molar refractivity (Wildman–Crippen MR) is 101 cm³/mol. The Kier molecular flexibility index (Phi) is 7.01. The molecule has 23 heavy (non-hydrogen) atoms. The van der Waals surface area contributed by atoms with E-state index < -0.39 is 0 Å². The molecule has 0 aromatic rings. The van der Waals surface area contributed by atoms with Gasteiger partial charge in [-0.3, -0.25) is 0 Å². The molecule has 0 aromatic carbocycles.